The number of hydrogen-bond acceptors (Lipinski definition) is 2. The minimum absolute atomic E-state index is 0.532. The summed E-state index contributed by atoms with van der Waals surface area (Å²) in [5.41, 5.74) is 9.19. The highest BCUT2D eigenvalue weighted by Gasteiger charge is 1.99. The van der Waals surface area contributed by atoms with E-state index in [9.17, 15) is 0 Å². The van der Waals surface area contributed by atoms with E-state index in [0.29, 0.717) is 6.67 Å². The molecule has 0 bridgehead atoms. The van der Waals surface area contributed by atoms with Gasteiger partial charge in [0, 0.05) is 12.7 Å². The van der Waals surface area contributed by atoms with Crippen LogP contribution in [0.1, 0.15) is 0 Å². The lowest BCUT2D eigenvalue weighted by atomic mass is 10.1. The van der Waals surface area contributed by atoms with Crippen molar-refractivity contribution in [3.05, 3.63) is 54.6 Å². The Morgan fingerprint density at radius 3 is 2.00 bits per heavy atom. The van der Waals surface area contributed by atoms with Gasteiger partial charge in [-0.05, 0) is 23.3 Å². The number of nitrogens with zero attached hydrogens (tertiary/aromatic N) is 1. The fourth-order valence-corrected chi connectivity index (χ4v) is 1.64. The topological polar surface area (TPSA) is 29.3 Å². The van der Waals surface area contributed by atoms with Gasteiger partial charge in [-0.2, -0.15) is 0 Å². The summed E-state index contributed by atoms with van der Waals surface area (Å²) in [5, 5.41) is 0. The lowest BCUT2D eigenvalue weighted by Gasteiger charge is -2.16. The fraction of sp³-hybridized carbons (Fsp3) is 0.143. The first-order chi connectivity index (χ1) is 7.81. The van der Waals surface area contributed by atoms with Crippen LogP contribution in [0.5, 0.6) is 0 Å². The molecule has 2 rings (SSSR count). The highest BCUT2D eigenvalue weighted by Crippen LogP contribution is 2.21. The molecule has 0 aliphatic heterocycles. The summed E-state index contributed by atoms with van der Waals surface area (Å²) in [6.07, 6.45) is 0. The first-order valence-electron chi connectivity index (χ1n) is 5.38. The van der Waals surface area contributed by atoms with Crippen molar-refractivity contribution in [2.45, 2.75) is 0 Å². The van der Waals surface area contributed by atoms with Gasteiger partial charge in [-0.1, -0.05) is 42.5 Å². The maximum atomic E-state index is 5.58. The molecule has 2 aromatic rings. The van der Waals surface area contributed by atoms with Gasteiger partial charge >= 0.3 is 0 Å². The third-order valence-electron chi connectivity index (χ3n) is 2.69. The second-order valence-electron chi connectivity index (χ2n) is 3.79. The Hall–Kier alpha value is -1.80. The zero-order valence-corrected chi connectivity index (χ0v) is 9.43. The van der Waals surface area contributed by atoms with E-state index in [-0.39, 0.29) is 0 Å². The third-order valence-corrected chi connectivity index (χ3v) is 2.69. The van der Waals surface area contributed by atoms with Gasteiger partial charge in [-0.15, -0.1) is 0 Å². The predicted octanol–water partition coefficient (Wildman–Crippen LogP) is 2.71. The summed E-state index contributed by atoms with van der Waals surface area (Å²) in [4.78, 5) is 2.01. The molecular formula is C14H16N2. The second-order valence-corrected chi connectivity index (χ2v) is 3.79. The van der Waals surface area contributed by atoms with E-state index in [2.05, 4.69) is 48.5 Å². The molecule has 2 nitrogen and oxygen atoms in total. The van der Waals surface area contributed by atoms with Crippen LogP contribution in [0, 0.1) is 0 Å². The first-order valence-corrected chi connectivity index (χ1v) is 5.38. The Balaban J connectivity index is 2.26. The Bertz CT molecular complexity index is 434. The molecule has 0 radical (unpaired) electrons. The predicted molar refractivity (Wildman–Crippen MR) is 69.3 cm³/mol. The summed E-state index contributed by atoms with van der Waals surface area (Å²) < 4.78 is 0. The van der Waals surface area contributed by atoms with Crippen LogP contribution in [-0.4, -0.2) is 13.7 Å². The molecule has 0 atom stereocenters. The van der Waals surface area contributed by atoms with E-state index in [1.807, 2.05) is 18.0 Å². The molecule has 0 amide bonds. The van der Waals surface area contributed by atoms with Gasteiger partial charge in [0.15, 0.2) is 0 Å². The molecule has 0 saturated heterocycles. The van der Waals surface area contributed by atoms with E-state index >= 15 is 0 Å². The van der Waals surface area contributed by atoms with E-state index in [1.54, 1.807) is 0 Å². The maximum absolute atomic E-state index is 5.58. The summed E-state index contributed by atoms with van der Waals surface area (Å²) in [7, 11) is 1.98. The van der Waals surface area contributed by atoms with Crippen molar-refractivity contribution in [2.75, 3.05) is 18.6 Å². The molecule has 0 spiro atoms. The van der Waals surface area contributed by atoms with Crippen LogP contribution in [0.2, 0.25) is 0 Å². The molecule has 0 saturated carbocycles. The van der Waals surface area contributed by atoms with Crippen LogP contribution in [0.25, 0.3) is 11.1 Å². The number of benzene rings is 2. The molecule has 82 valence electrons. The van der Waals surface area contributed by atoms with Crippen molar-refractivity contribution in [1.29, 1.82) is 0 Å². The average Bonchev–Trinajstić information content (AvgIpc) is 2.39. The van der Waals surface area contributed by atoms with Gasteiger partial charge in [0.05, 0.1) is 6.67 Å². The molecule has 0 aliphatic rings. The van der Waals surface area contributed by atoms with Crippen molar-refractivity contribution in [2.24, 2.45) is 5.73 Å². The highest BCUT2D eigenvalue weighted by atomic mass is 15.1. The van der Waals surface area contributed by atoms with Gasteiger partial charge in [-0.3, -0.25) is 0 Å². The molecule has 0 aromatic heterocycles. The van der Waals surface area contributed by atoms with Gasteiger partial charge in [0.1, 0.15) is 0 Å². The number of hydrogen-bond donors (Lipinski definition) is 1. The molecule has 0 fully saturated rings. The highest BCUT2D eigenvalue weighted by molar-refractivity contribution is 5.66. The van der Waals surface area contributed by atoms with Crippen molar-refractivity contribution >= 4 is 5.69 Å². The molecule has 2 aromatic carbocycles. The number of anilines is 1. The summed E-state index contributed by atoms with van der Waals surface area (Å²) in [6.45, 7) is 0.532. The van der Waals surface area contributed by atoms with Gasteiger partial charge in [0.25, 0.3) is 0 Å². The molecule has 0 unspecified atom stereocenters. The molecule has 2 N–H and O–H groups in total. The second kappa shape index (κ2) is 4.81. The lowest BCUT2D eigenvalue weighted by molar-refractivity contribution is 0.933. The quantitative estimate of drug-likeness (QED) is 0.793. The van der Waals surface area contributed by atoms with Crippen LogP contribution in [0.15, 0.2) is 54.6 Å². The van der Waals surface area contributed by atoms with Crippen molar-refractivity contribution in [3.8, 4) is 11.1 Å². The van der Waals surface area contributed by atoms with Crippen LogP contribution < -0.4 is 10.6 Å². The Kier molecular flexibility index (Phi) is 3.22. The van der Waals surface area contributed by atoms with Crippen molar-refractivity contribution in [1.82, 2.24) is 0 Å². The van der Waals surface area contributed by atoms with Gasteiger partial charge in [0.2, 0.25) is 0 Å². The summed E-state index contributed by atoms with van der Waals surface area (Å²) >= 11 is 0. The molecule has 0 aliphatic carbocycles. The first kappa shape index (κ1) is 10.7. The van der Waals surface area contributed by atoms with E-state index < -0.39 is 0 Å². The monoisotopic (exact) mass is 212 g/mol. The number of nitrogens with two attached hydrogens (primary N) is 1. The van der Waals surface area contributed by atoms with Crippen molar-refractivity contribution < 1.29 is 0 Å². The fourth-order valence-electron chi connectivity index (χ4n) is 1.64. The smallest absolute Gasteiger partial charge is 0.0653 e. The van der Waals surface area contributed by atoms with E-state index in [4.69, 9.17) is 5.73 Å². The average molecular weight is 212 g/mol. The molecule has 16 heavy (non-hydrogen) atoms. The summed E-state index contributed by atoms with van der Waals surface area (Å²) in [6, 6.07) is 18.8. The maximum Gasteiger partial charge on any atom is 0.0653 e. The van der Waals surface area contributed by atoms with Crippen LogP contribution in [0.3, 0.4) is 0 Å². The zero-order chi connectivity index (χ0) is 11.4. The SMILES string of the molecule is CN(CN)c1ccc(-c2ccccc2)cc1. The Morgan fingerprint density at radius 1 is 0.875 bits per heavy atom. The van der Waals surface area contributed by atoms with Crippen LogP contribution in [0.4, 0.5) is 5.69 Å². The van der Waals surface area contributed by atoms with E-state index in [1.165, 1.54) is 11.1 Å². The minimum Gasteiger partial charge on any atom is -0.362 e. The van der Waals surface area contributed by atoms with Gasteiger partial charge < -0.3 is 10.6 Å². The molecule has 0 heterocycles. The lowest BCUT2D eigenvalue weighted by Crippen LogP contribution is -2.24. The van der Waals surface area contributed by atoms with E-state index in [0.717, 1.165) is 5.69 Å². The van der Waals surface area contributed by atoms with Crippen molar-refractivity contribution in [3.63, 3.8) is 0 Å². The third kappa shape index (κ3) is 2.23. The Labute approximate surface area is 96.3 Å². The molecule has 2 heteroatoms. The largest absolute Gasteiger partial charge is 0.362 e. The normalized spacial score (nSPS) is 10.1. The minimum atomic E-state index is 0.532. The zero-order valence-electron chi connectivity index (χ0n) is 9.43. The number of rotatable bonds is 3. The summed E-state index contributed by atoms with van der Waals surface area (Å²) in [5.74, 6) is 0. The standard InChI is InChI=1S/C14H16N2/c1-16(11-15)14-9-7-13(8-10-14)12-5-3-2-4-6-12/h2-10H,11,15H2,1H3. The Morgan fingerprint density at radius 2 is 1.44 bits per heavy atom. The van der Waals surface area contributed by atoms with Crippen LogP contribution in [-0.2, 0) is 0 Å². The van der Waals surface area contributed by atoms with Crippen LogP contribution >= 0.6 is 0 Å². The van der Waals surface area contributed by atoms with Gasteiger partial charge in [-0.25, -0.2) is 0 Å². The molecular weight excluding hydrogens is 196 g/mol.